The van der Waals surface area contributed by atoms with Crippen LogP contribution in [0.5, 0.6) is 0 Å². The molecule has 0 radical (unpaired) electrons. The standard InChI is InChI=1S/C17H34N2O2/c1-10-20-19-14(2)16(6,7)11-12-17(8,9)21-18-13-15(3,4)5/h13H,10-12H2,1-9H3/b18-13+,19-14+. The maximum Gasteiger partial charge on any atom is 0.132 e. The molecule has 0 aliphatic heterocycles. The van der Waals surface area contributed by atoms with E-state index in [1.54, 1.807) is 0 Å². The molecule has 0 aromatic heterocycles. The normalized spacial score (nSPS) is 14.6. The van der Waals surface area contributed by atoms with Crippen molar-refractivity contribution in [3.63, 3.8) is 0 Å². The third-order valence-electron chi connectivity index (χ3n) is 3.40. The van der Waals surface area contributed by atoms with Gasteiger partial charge >= 0.3 is 0 Å². The molecule has 4 nitrogen and oxygen atoms in total. The highest BCUT2D eigenvalue weighted by molar-refractivity contribution is 5.86. The van der Waals surface area contributed by atoms with Gasteiger partial charge in [0.1, 0.15) is 12.2 Å². The number of oxime groups is 2. The summed E-state index contributed by atoms with van der Waals surface area (Å²) in [6, 6.07) is 0. The second kappa shape index (κ2) is 7.81. The molecule has 0 spiro atoms. The zero-order valence-electron chi connectivity index (χ0n) is 15.4. The molecule has 0 unspecified atom stereocenters. The third-order valence-corrected chi connectivity index (χ3v) is 3.40. The van der Waals surface area contributed by atoms with Crippen LogP contribution in [-0.4, -0.2) is 24.1 Å². The molecule has 0 aliphatic carbocycles. The monoisotopic (exact) mass is 298 g/mol. The molecule has 0 rings (SSSR count). The Morgan fingerprint density at radius 2 is 1.57 bits per heavy atom. The van der Waals surface area contributed by atoms with Crippen molar-refractivity contribution in [1.29, 1.82) is 0 Å². The Morgan fingerprint density at radius 3 is 2.05 bits per heavy atom. The van der Waals surface area contributed by atoms with Gasteiger partial charge in [-0.25, -0.2) is 0 Å². The van der Waals surface area contributed by atoms with Gasteiger partial charge in [0.25, 0.3) is 0 Å². The van der Waals surface area contributed by atoms with Crippen LogP contribution in [0.1, 0.15) is 75.2 Å². The van der Waals surface area contributed by atoms with Crippen LogP contribution in [0, 0.1) is 10.8 Å². The van der Waals surface area contributed by atoms with Crippen molar-refractivity contribution < 1.29 is 9.68 Å². The zero-order chi connectivity index (χ0) is 16.7. The smallest absolute Gasteiger partial charge is 0.132 e. The third kappa shape index (κ3) is 9.48. The van der Waals surface area contributed by atoms with Crippen LogP contribution in [-0.2, 0) is 9.68 Å². The molecule has 0 heterocycles. The van der Waals surface area contributed by atoms with Crippen molar-refractivity contribution in [2.24, 2.45) is 21.1 Å². The lowest BCUT2D eigenvalue weighted by atomic mass is 9.80. The molecule has 0 fully saturated rings. The molecule has 4 heteroatoms. The predicted octanol–water partition coefficient (Wildman–Crippen LogP) is 5.03. The van der Waals surface area contributed by atoms with Crippen LogP contribution in [0.2, 0.25) is 0 Å². The minimum atomic E-state index is -0.287. The quantitative estimate of drug-likeness (QED) is 0.466. The van der Waals surface area contributed by atoms with E-state index in [0.717, 1.165) is 18.6 Å². The summed E-state index contributed by atoms with van der Waals surface area (Å²) >= 11 is 0. The van der Waals surface area contributed by atoms with Gasteiger partial charge in [-0.15, -0.1) is 0 Å². The molecule has 0 amide bonds. The number of hydrogen-bond acceptors (Lipinski definition) is 4. The Bertz CT molecular complexity index is 363. The van der Waals surface area contributed by atoms with Gasteiger partial charge in [-0.1, -0.05) is 44.9 Å². The number of rotatable bonds is 8. The Hall–Kier alpha value is -1.06. The fraction of sp³-hybridized carbons (Fsp3) is 0.882. The summed E-state index contributed by atoms with van der Waals surface area (Å²) in [6.07, 6.45) is 3.72. The summed E-state index contributed by atoms with van der Waals surface area (Å²) in [5.74, 6) is 0. The van der Waals surface area contributed by atoms with Crippen molar-refractivity contribution in [2.45, 2.75) is 80.8 Å². The van der Waals surface area contributed by atoms with E-state index >= 15 is 0 Å². The fourth-order valence-corrected chi connectivity index (χ4v) is 1.45. The molecule has 0 bridgehead atoms. The van der Waals surface area contributed by atoms with E-state index in [4.69, 9.17) is 9.68 Å². The van der Waals surface area contributed by atoms with E-state index in [9.17, 15) is 0 Å². The van der Waals surface area contributed by atoms with Crippen LogP contribution in [0.4, 0.5) is 0 Å². The van der Waals surface area contributed by atoms with E-state index < -0.39 is 0 Å². The second-order valence-corrected chi connectivity index (χ2v) is 7.93. The molecule has 124 valence electrons. The van der Waals surface area contributed by atoms with E-state index in [1.165, 1.54) is 0 Å². The minimum absolute atomic E-state index is 0.0104. The van der Waals surface area contributed by atoms with E-state index in [2.05, 4.69) is 58.8 Å². The fourth-order valence-electron chi connectivity index (χ4n) is 1.45. The topological polar surface area (TPSA) is 43.2 Å². The van der Waals surface area contributed by atoms with Crippen LogP contribution in [0.3, 0.4) is 0 Å². The van der Waals surface area contributed by atoms with Crippen LogP contribution >= 0.6 is 0 Å². The summed E-state index contributed by atoms with van der Waals surface area (Å²) in [6.45, 7) is 19.4. The zero-order valence-corrected chi connectivity index (χ0v) is 15.4. The lowest BCUT2D eigenvalue weighted by Gasteiger charge is -2.29. The summed E-state index contributed by atoms with van der Waals surface area (Å²) in [4.78, 5) is 10.8. The van der Waals surface area contributed by atoms with Crippen molar-refractivity contribution in [2.75, 3.05) is 6.61 Å². The van der Waals surface area contributed by atoms with E-state index in [0.29, 0.717) is 6.61 Å². The summed E-state index contributed by atoms with van der Waals surface area (Å²) in [5.41, 5.74) is 0.753. The molecule has 21 heavy (non-hydrogen) atoms. The number of hydrogen-bond donors (Lipinski definition) is 0. The highest BCUT2D eigenvalue weighted by atomic mass is 16.6. The summed E-state index contributed by atoms with van der Waals surface area (Å²) in [7, 11) is 0. The highest BCUT2D eigenvalue weighted by Gasteiger charge is 2.28. The minimum Gasteiger partial charge on any atom is -0.396 e. The first-order valence-corrected chi connectivity index (χ1v) is 7.79. The van der Waals surface area contributed by atoms with Gasteiger partial charge in [0.2, 0.25) is 0 Å². The van der Waals surface area contributed by atoms with Crippen molar-refractivity contribution in [3.05, 3.63) is 0 Å². The lowest BCUT2D eigenvalue weighted by molar-refractivity contribution is -0.0255. The van der Waals surface area contributed by atoms with Gasteiger partial charge in [0.15, 0.2) is 0 Å². The first kappa shape index (κ1) is 19.9. The van der Waals surface area contributed by atoms with Gasteiger partial charge in [-0.3, -0.25) is 0 Å². The lowest BCUT2D eigenvalue weighted by Crippen LogP contribution is -2.29. The average molecular weight is 298 g/mol. The predicted molar refractivity (Wildman–Crippen MR) is 90.9 cm³/mol. The summed E-state index contributed by atoms with van der Waals surface area (Å²) < 4.78 is 0. The number of nitrogens with zero attached hydrogens (tertiary/aromatic N) is 2. The molecule has 0 aliphatic rings. The molecule has 0 aromatic rings. The summed E-state index contributed by atoms with van der Waals surface area (Å²) in [5, 5.41) is 8.29. The van der Waals surface area contributed by atoms with Gasteiger partial charge in [0, 0.05) is 17.0 Å². The van der Waals surface area contributed by atoms with Crippen LogP contribution in [0.25, 0.3) is 0 Å². The van der Waals surface area contributed by atoms with Crippen molar-refractivity contribution >= 4 is 11.9 Å². The molecule has 0 atom stereocenters. The molecular formula is C17H34N2O2. The first-order chi connectivity index (χ1) is 9.40. The van der Waals surface area contributed by atoms with Gasteiger partial charge in [0.05, 0.1) is 5.71 Å². The van der Waals surface area contributed by atoms with Gasteiger partial charge in [-0.2, -0.15) is 0 Å². The Morgan fingerprint density at radius 1 is 1.00 bits per heavy atom. The highest BCUT2D eigenvalue weighted by Crippen LogP contribution is 2.30. The molecule has 0 N–H and O–H groups in total. The van der Waals surface area contributed by atoms with Gasteiger partial charge in [-0.05, 0) is 40.5 Å². The maximum absolute atomic E-state index is 5.66. The maximum atomic E-state index is 5.66. The molecule has 0 saturated carbocycles. The SMILES string of the molecule is CCO/N=C(\C)C(C)(C)CCC(C)(C)O/N=C/C(C)(C)C. The average Bonchev–Trinajstić information content (AvgIpc) is 2.32. The molecule has 0 saturated heterocycles. The Labute approximate surface area is 131 Å². The van der Waals surface area contributed by atoms with E-state index in [-0.39, 0.29) is 16.4 Å². The van der Waals surface area contributed by atoms with Gasteiger partial charge < -0.3 is 9.68 Å². The molecular weight excluding hydrogens is 264 g/mol. The van der Waals surface area contributed by atoms with Crippen molar-refractivity contribution in [3.8, 4) is 0 Å². The second-order valence-electron chi connectivity index (χ2n) is 7.93. The first-order valence-electron chi connectivity index (χ1n) is 7.79. The van der Waals surface area contributed by atoms with Crippen LogP contribution < -0.4 is 0 Å². The Kier molecular flexibility index (Phi) is 7.41. The Balaban J connectivity index is 4.50. The van der Waals surface area contributed by atoms with Crippen molar-refractivity contribution in [1.82, 2.24) is 0 Å². The van der Waals surface area contributed by atoms with E-state index in [1.807, 2.05) is 20.1 Å². The molecule has 0 aromatic carbocycles. The largest absolute Gasteiger partial charge is 0.396 e. The van der Waals surface area contributed by atoms with Crippen LogP contribution in [0.15, 0.2) is 10.3 Å².